The van der Waals surface area contributed by atoms with Crippen LogP contribution in [0.1, 0.15) is 126 Å². The molecule has 346 valence electrons. The number of cyclic esters (lactones) is 1. The number of rotatable bonds is 13. The van der Waals surface area contributed by atoms with Crippen molar-refractivity contribution in [2.24, 2.45) is 35.5 Å². The molecule has 1 fully saturated rings. The van der Waals surface area contributed by atoms with E-state index in [0.29, 0.717) is 37.0 Å². The van der Waals surface area contributed by atoms with Crippen LogP contribution < -0.4 is 4.74 Å². The van der Waals surface area contributed by atoms with Crippen LogP contribution in [-0.4, -0.2) is 67.2 Å². The number of esters is 2. The van der Waals surface area contributed by atoms with Crippen molar-refractivity contribution in [2.75, 3.05) is 20.3 Å². The number of allylic oxidation sites excluding steroid dienone is 2. The number of benzene rings is 1. The Bertz CT molecular complexity index is 1590. The average molecular weight is 883 g/mol. The zero-order valence-corrected chi connectivity index (χ0v) is 43.1. The van der Waals surface area contributed by atoms with E-state index in [1.165, 1.54) is 0 Å². The minimum absolute atomic E-state index is 0.00260. The summed E-state index contributed by atoms with van der Waals surface area (Å²) in [5.74, 6) is 1.60. The van der Waals surface area contributed by atoms with Gasteiger partial charge in [-0.15, -0.1) is 0 Å². The molecule has 1 aromatic rings. The lowest BCUT2D eigenvalue weighted by atomic mass is 9.82. The van der Waals surface area contributed by atoms with E-state index in [-0.39, 0.29) is 70.9 Å². The van der Waals surface area contributed by atoms with Crippen LogP contribution in [0.5, 0.6) is 5.75 Å². The molecule has 0 amide bonds. The first-order valence-corrected chi connectivity index (χ1v) is 29.1. The number of carbonyl (C=O) groups excluding carboxylic acids is 2. The molecule has 0 aromatic heterocycles. The van der Waals surface area contributed by atoms with Crippen molar-refractivity contribution in [3.63, 3.8) is 0 Å². The van der Waals surface area contributed by atoms with Crippen LogP contribution in [0.3, 0.4) is 0 Å². The quantitative estimate of drug-likeness (QED) is 0.110. The minimum Gasteiger partial charge on any atom is -0.497 e. The highest BCUT2D eigenvalue weighted by molar-refractivity contribution is 6.74. The van der Waals surface area contributed by atoms with Crippen molar-refractivity contribution < 1.29 is 37.4 Å². The van der Waals surface area contributed by atoms with Crippen LogP contribution in [0, 0.1) is 35.5 Å². The Labute approximate surface area is 374 Å². The molecule has 0 spiro atoms. The second-order valence-corrected chi connectivity index (χ2v) is 31.2. The minimum atomic E-state index is -2.33. The normalized spacial score (nSPS) is 29.7. The summed E-state index contributed by atoms with van der Waals surface area (Å²) < 4.78 is 38.4. The highest BCUT2D eigenvalue weighted by Crippen LogP contribution is 2.43. The van der Waals surface area contributed by atoms with Crippen LogP contribution in [0.15, 0.2) is 60.7 Å². The first kappa shape index (κ1) is 52.8. The molecule has 0 radical (unpaired) electrons. The summed E-state index contributed by atoms with van der Waals surface area (Å²) in [4.78, 5) is 28.3. The van der Waals surface area contributed by atoms with Gasteiger partial charge in [0.25, 0.3) is 0 Å². The second kappa shape index (κ2) is 23.4. The fourth-order valence-electron chi connectivity index (χ4n) is 8.70. The van der Waals surface area contributed by atoms with Gasteiger partial charge in [-0.25, -0.2) is 4.79 Å². The molecule has 0 unspecified atom stereocenters. The maximum Gasteiger partial charge on any atom is 0.336 e. The monoisotopic (exact) mass is 883 g/mol. The van der Waals surface area contributed by atoms with Crippen molar-refractivity contribution >= 4 is 28.6 Å². The SMILES string of the molecule is C=CCOC(=O)/C1=C/C=C/C[C@@H]([C@@H]2CCC[C@H]2COCc2ccc(OC)cc2)OC(=O)C[C@H](O[Si](C)(C)C(C)(C)C)[C@@H](C)C[C@@H](C)C[C@@H](C)C[C@H](C)[C@@H]1O[Si](C)(C)C(C)(C)C. The first-order valence-electron chi connectivity index (χ1n) is 23.3. The molecule has 9 atom stereocenters. The molecule has 61 heavy (non-hydrogen) atoms. The standard InChI is InChI=1S/C51H86O8Si2/c1-17-29-56-49(53)44-22-18-19-24-45(43-23-20-21-41(43)35-55-34-40-25-27-42(54-12)28-26-40)57-47(52)33-46(58-60(13,14)50(6,7)8)38(4)31-36(2)30-37(3)32-39(5)48(44)59-61(15,16)51(9,10)11/h17-19,22,25-28,36-39,41,43,45-46,48H,1,20-21,23-24,29-35H2,2-16H3/b19-18+,44-22+/t36-,37+,38-,39-,41-,43+,45-,46-,48-/m0/s1. The smallest absolute Gasteiger partial charge is 0.336 e. The fraction of sp³-hybridized carbons (Fsp3) is 0.725. The Morgan fingerprint density at radius 1 is 0.869 bits per heavy atom. The van der Waals surface area contributed by atoms with Gasteiger partial charge in [-0.2, -0.15) is 0 Å². The lowest BCUT2D eigenvalue weighted by Crippen LogP contribution is -2.47. The summed E-state index contributed by atoms with van der Waals surface area (Å²) in [6, 6.07) is 7.98. The zero-order chi connectivity index (χ0) is 45.8. The van der Waals surface area contributed by atoms with Crippen LogP contribution in [-0.2, 0) is 39.3 Å². The maximum atomic E-state index is 14.3. The Kier molecular flexibility index (Phi) is 20.3. The van der Waals surface area contributed by atoms with Crippen molar-refractivity contribution in [3.8, 4) is 5.75 Å². The Morgan fingerprint density at radius 2 is 1.48 bits per heavy atom. The number of ether oxygens (including phenoxy) is 4. The van der Waals surface area contributed by atoms with Gasteiger partial charge >= 0.3 is 11.9 Å². The van der Waals surface area contributed by atoms with E-state index < -0.39 is 22.7 Å². The third-order valence-electron chi connectivity index (χ3n) is 14.2. The molecule has 0 saturated heterocycles. The molecule has 1 heterocycles. The van der Waals surface area contributed by atoms with Crippen LogP contribution >= 0.6 is 0 Å². The van der Waals surface area contributed by atoms with E-state index in [0.717, 1.165) is 49.8 Å². The molecule has 8 nitrogen and oxygen atoms in total. The largest absolute Gasteiger partial charge is 0.497 e. The molecule has 10 heteroatoms. The second-order valence-electron chi connectivity index (χ2n) is 21.7. The predicted molar refractivity (Wildman–Crippen MR) is 256 cm³/mol. The van der Waals surface area contributed by atoms with Gasteiger partial charge in [-0.1, -0.05) is 113 Å². The third kappa shape index (κ3) is 16.2. The van der Waals surface area contributed by atoms with Crippen LogP contribution in [0.2, 0.25) is 36.3 Å². The summed E-state index contributed by atoms with van der Waals surface area (Å²) in [6.45, 7) is 36.7. The summed E-state index contributed by atoms with van der Waals surface area (Å²) in [6.07, 6.45) is 13.1. The number of hydrogen-bond donors (Lipinski definition) is 0. The maximum absolute atomic E-state index is 14.3. The predicted octanol–water partition coefficient (Wildman–Crippen LogP) is 13.0. The van der Waals surface area contributed by atoms with Crippen LogP contribution in [0.4, 0.5) is 0 Å². The van der Waals surface area contributed by atoms with Crippen molar-refractivity contribution in [3.05, 3.63) is 66.3 Å². The fourth-order valence-corrected chi connectivity index (χ4v) is 11.5. The highest BCUT2D eigenvalue weighted by atomic mass is 28.4. The number of methoxy groups -OCH3 is 1. The van der Waals surface area contributed by atoms with E-state index in [9.17, 15) is 9.59 Å². The lowest BCUT2D eigenvalue weighted by molar-refractivity contribution is -0.155. The van der Waals surface area contributed by atoms with Gasteiger partial charge in [0.05, 0.1) is 44.5 Å². The summed E-state index contributed by atoms with van der Waals surface area (Å²) >= 11 is 0. The topological polar surface area (TPSA) is 89.5 Å². The van der Waals surface area contributed by atoms with Gasteiger partial charge < -0.3 is 27.8 Å². The summed E-state index contributed by atoms with van der Waals surface area (Å²) in [5, 5.41) is -0.0557. The molecule has 1 aliphatic heterocycles. The molecule has 2 aliphatic rings. The van der Waals surface area contributed by atoms with E-state index >= 15 is 0 Å². The Balaban J connectivity index is 2.08. The molecule has 0 N–H and O–H groups in total. The molecular weight excluding hydrogens is 797 g/mol. The average Bonchev–Trinajstić information content (AvgIpc) is 3.62. The zero-order valence-electron chi connectivity index (χ0n) is 41.1. The molecule has 1 saturated carbocycles. The Hall–Kier alpha value is -2.51. The van der Waals surface area contributed by atoms with E-state index in [1.54, 1.807) is 13.2 Å². The lowest BCUT2D eigenvalue weighted by Gasteiger charge is -2.42. The third-order valence-corrected chi connectivity index (χ3v) is 23.2. The molecule has 1 aliphatic carbocycles. The van der Waals surface area contributed by atoms with E-state index in [2.05, 4.69) is 108 Å². The molecular formula is C51H86O8Si2. The van der Waals surface area contributed by atoms with E-state index in [4.69, 9.17) is 27.8 Å². The molecule has 1 aromatic carbocycles. The Morgan fingerprint density at radius 3 is 2.07 bits per heavy atom. The van der Waals surface area contributed by atoms with E-state index in [1.807, 2.05) is 36.4 Å². The van der Waals surface area contributed by atoms with Crippen LogP contribution in [0.25, 0.3) is 0 Å². The van der Waals surface area contributed by atoms with Gasteiger partial charge in [0, 0.05) is 12.3 Å². The van der Waals surface area contributed by atoms with Crippen molar-refractivity contribution in [2.45, 2.75) is 182 Å². The summed E-state index contributed by atoms with van der Waals surface area (Å²) in [5.41, 5.74) is 1.61. The first-order chi connectivity index (χ1) is 28.4. The van der Waals surface area contributed by atoms with Crippen molar-refractivity contribution in [1.82, 2.24) is 0 Å². The van der Waals surface area contributed by atoms with Gasteiger partial charge in [0.1, 0.15) is 18.5 Å². The summed E-state index contributed by atoms with van der Waals surface area (Å²) in [7, 11) is -2.88. The molecule has 0 bridgehead atoms. The molecule has 3 rings (SSSR count). The van der Waals surface area contributed by atoms with Crippen molar-refractivity contribution in [1.29, 1.82) is 0 Å². The van der Waals surface area contributed by atoms with Gasteiger partial charge in [0.15, 0.2) is 16.6 Å². The van der Waals surface area contributed by atoms with Gasteiger partial charge in [-0.3, -0.25) is 4.79 Å². The van der Waals surface area contributed by atoms with Gasteiger partial charge in [0.2, 0.25) is 0 Å². The highest BCUT2D eigenvalue weighted by Gasteiger charge is 2.44. The van der Waals surface area contributed by atoms with Gasteiger partial charge in [-0.05, 0) is 122 Å². The number of carbonyl (C=O) groups is 2. The number of hydrogen-bond acceptors (Lipinski definition) is 8.